The second-order valence-electron chi connectivity index (χ2n) is 10.8. The lowest BCUT2D eigenvalue weighted by Gasteiger charge is -2.32. The van der Waals surface area contributed by atoms with Crippen molar-refractivity contribution in [2.75, 3.05) is 0 Å². The number of hydrogen-bond donors (Lipinski definition) is 1. The highest BCUT2D eigenvalue weighted by atomic mass is 16.7. The molecule has 0 radical (unpaired) electrons. The summed E-state index contributed by atoms with van der Waals surface area (Å²) in [6.45, 7) is 16.0. The molecular formula is C25H32B2O5. The first kappa shape index (κ1) is 23.2. The Morgan fingerprint density at radius 3 is 2.03 bits per heavy atom. The van der Waals surface area contributed by atoms with E-state index in [4.69, 9.17) is 14.0 Å². The van der Waals surface area contributed by atoms with E-state index in [1.807, 2.05) is 85.7 Å². The van der Waals surface area contributed by atoms with Gasteiger partial charge in [-0.25, -0.2) is 0 Å². The topological polar surface area (TPSA) is 65.0 Å². The number of hydrogen-bond acceptors (Lipinski definition) is 5. The molecule has 0 amide bonds. The van der Waals surface area contributed by atoms with E-state index in [-0.39, 0.29) is 11.7 Å². The van der Waals surface area contributed by atoms with Crippen molar-refractivity contribution >= 4 is 30.9 Å². The molecule has 2 aromatic rings. The van der Waals surface area contributed by atoms with Crippen LogP contribution in [0.15, 0.2) is 36.4 Å². The molecule has 1 aliphatic heterocycles. The maximum atomic E-state index is 13.3. The number of fused-ring (bicyclic) bond motifs is 3. The van der Waals surface area contributed by atoms with Crippen LogP contribution < -0.4 is 10.9 Å². The molecule has 1 aliphatic carbocycles. The maximum Gasteiger partial charge on any atom is 0.494 e. The van der Waals surface area contributed by atoms with Gasteiger partial charge in [-0.15, -0.1) is 0 Å². The van der Waals surface area contributed by atoms with Crippen molar-refractivity contribution in [3.05, 3.63) is 47.5 Å². The lowest BCUT2D eigenvalue weighted by Crippen LogP contribution is -2.44. The molecule has 168 valence electrons. The molecule has 2 aromatic carbocycles. The monoisotopic (exact) mass is 434 g/mol. The Bertz CT molecular complexity index is 1060. The molecule has 0 bridgehead atoms. The van der Waals surface area contributed by atoms with Gasteiger partial charge in [0.1, 0.15) is 0 Å². The Labute approximate surface area is 191 Å². The zero-order valence-electron chi connectivity index (χ0n) is 20.3. The fraction of sp³-hybridized carbons (Fsp3) is 0.480. The summed E-state index contributed by atoms with van der Waals surface area (Å²) >= 11 is 0. The van der Waals surface area contributed by atoms with Gasteiger partial charge in [-0.05, 0) is 69.5 Å². The summed E-state index contributed by atoms with van der Waals surface area (Å²) in [6, 6.07) is 11.2. The normalized spacial score (nSPS) is 18.8. The van der Waals surface area contributed by atoms with Gasteiger partial charge in [0, 0.05) is 11.1 Å². The first-order valence-corrected chi connectivity index (χ1v) is 11.3. The van der Waals surface area contributed by atoms with Crippen molar-refractivity contribution in [2.24, 2.45) is 5.92 Å². The Morgan fingerprint density at radius 2 is 1.47 bits per heavy atom. The summed E-state index contributed by atoms with van der Waals surface area (Å²) < 4.78 is 18.2. The van der Waals surface area contributed by atoms with Crippen molar-refractivity contribution in [2.45, 2.75) is 72.2 Å². The molecule has 0 unspecified atom stereocenters. The molecule has 0 aromatic heterocycles. The Hall–Kier alpha value is -1.92. The molecule has 1 saturated heterocycles. The van der Waals surface area contributed by atoms with Gasteiger partial charge in [-0.3, -0.25) is 4.79 Å². The SMILES string of the molecule is CC(C)C(C)(C)OB(O)c1ccc2c(c1)C(=O)c1cc(B3OC(C)(C)C(C)(C)O3)ccc1-2. The van der Waals surface area contributed by atoms with Gasteiger partial charge in [0.2, 0.25) is 0 Å². The van der Waals surface area contributed by atoms with Crippen LogP contribution in [-0.2, 0) is 14.0 Å². The third kappa shape index (κ3) is 3.75. The van der Waals surface area contributed by atoms with E-state index in [1.54, 1.807) is 6.07 Å². The van der Waals surface area contributed by atoms with E-state index in [0.29, 0.717) is 16.6 Å². The van der Waals surface area contributed by atoms with Crippen molar-refractivity contribution in [1.29, 1.82) is 0 Å². The van der Waals surface area contributed by atoms with Crippen LogP contribution in [-0.4, -0.2) is 41.8 Å². The van der Waals surface area contributed by atoms with Crippen molar-refractivity contribution in [1.82, 2.24) is 0 Å². The van der Waals surface area contributed by atoms with E-state index in [9.17, 15) is 9.82 Å². The summed E-state index contributed by atoms with van der Waals surface area (Å²) in [4.78, 5) is 13.3. The maximum absolute atomic E-state index is 13.3. The Balaban J connectivity index is 1.62. The standard InChI is InChI=1S/C25H32B2O5/c1-15(2)23(3,4)30-26(29)16-9-11-18-19-12-10-17(14-21(19)22(28)20(18)13-16)27-31-24(5,6)25(7,8)32-27/h9-15,29H,1-8H3. The second-order valence-corrected chi connectivity index (χ2v) is 10.8. The van der Waals surface area contributed by atoms with E-state index >= 15 is 0 Å². The molecule has 0 atom stereocenters. The summed E-state index contributed by atoms with van der Waals surface area (Å²) in [5.41, 5.74) is 2.96. The molecule has 32 heavy (non-hydrogen) atoms. The number of carbonyl (C=O) groups excluding carboxylic acids is 1. The van der Waals surface area contributed by atoms with Crippen molar-refractivity contribution < 1.29 is 23.8 Å². The minimum atomic E-state index is -1.10. The minimum absolute atomic E-state index is 0.0643. The predicted molar refractivity (Wildman–Crippen MR) is 129 cm³/mol. The number of ketones is 1. The van der Waals surface area contributed by atoms with Crippen LogP contribution in [0.2, 0.25) is 0 Å². The van der Waals surface area contributed by atoms with Crippen LogP contribution in [0.1, 0.15) is 71.3 Å². The largest absolute Gasteiger partial charge is 0.494 e. The molecule has 4 rings (SSSR count). The van der Waals surface area contributed by atoms with E-state index < -0.39 is 31.0 Å². The third-order valence-electron chi connectivity index (χ3n) is 7.48. The minimum Gasteiger partial charge on any atom is -0.423 e. The quantitative estimate of drug-likeness (QED) is 0.625. The number of rotatable bonds is 5. The Morgan fingerprint density at radius 1 is 0.938 bits per heavy atom. The lowest BCUT2D eigenvalue weighted by molar-refractivity contribution is 0.00578. The predicted octanol–water partition coefficient (Wildman–Crippen LogP) is 3.34. The van der Waals surface area contributed by atoms with Crippen LogP contribution in [0, 0.1) is 5.92 Å². The molecule has 0 saturated carbocycles. The van der Waals surface area contributed by atoms with Gasteiger partial charge in [0.15, 0.2) is 5.78 Å². The highest BCUT2D eigenvalue weighted by Crippen LogP contribution is 2.38. The second kappa shape index (κ2) is 7.56. The van der Waals surface area contributed by atoms with E-state index in [2.05, 4.69) is 0 Å². The van der Waals surface area contributed by atoms with Gasteiger partial charge < -0.3 is 19.0 Å². The van der Waals surface area contributed by atoms with Gasteiger partial charge >= 0.3 is 14.2 Å². The fourth-order valence-electron chi connectivity index (χ4n) is 3.89. The van der Waals surface area contributed by atoms with E-state index in [0.717, 1.165) is 16.6 Å². The highest BCUT2D eigenvalue weighted by Gasteiger charge is 2.52. The molecule has 0 spiro atoms. The third-order valence-corrected chi connectivity index (χ3v) is 7.48. The van der Waals surface area contributed by atoms with Gasteiger partial charge in [-0.2, -0.15) is 0 Å². The molecule has 1 heterocycles. The van der Waals surface area contributed by atoms with Gasteiger partial charge in [0.05, 0.1) is 16.8 Å². The first-order valence-electron chi connectivity index (χ1n) is 11.3. The number of benzene rings is 2. The van der Waals surface area contributed by atoms with Crippen molar-refractivity contribution in [3.63, 3.8) is 0 Å². The van der Waals surface area contributed by atoms with Crippen molar-refractivity contribution in [3.8, 4) is 11.1 Å². The Kier molecular flexibility index (Phi) is 5.49. The molecule has 1 fully saturated rings. The molecule has 5 nitrogen and oxygen atoms in total. The number of carbonyl (C=O) groups is 1. The molecule has 1 N–H and O–H groups in total. The molecular weight excluding hydrogens is 402 g/mol. The van der Waals surface area contributed by atoms with Crippen LogP contribution in [0.3, 0.4) is 0 Å². The highest BCUT2D eigenvalue weighted by molar-refractivity contribution is 6.62. The average molecular weight is 434 g/mol. The average Bonchev–Trinajstić information content (AvgIpc) is 3.10. The first-order chi connectivity index (χ1) is 14.7. The van der Waals surface area contributed by atoms with Gasteiger partial charge in [-0.1, -0.05) is 50.2 Å². The fourth-order valence-corrected chi connectivity index (χ4v) is 3.89. The zero-order valence-corrected chi connectivity index (χ0v) is 20.3. The summed E-state index contributed by atoms with van der Waals surface area (Å²) in [7, 11) is -1.62. The molecule has 7 heteroatoms. The summed E-state index contributed by atoms with van der Waals surface area (Å²) in [6.07, 6.45) is 0. The summed E-state index contributed by atoms with van der Waals surface area (Å²) in [5.74, 6) is 0.163. The zero-order chi connectivity index (χ0) is 23.6. The summed E-state index contributed by atoms with van der Waals surface area (Å²) in [5, 5.41) is 10.7. The van der Waals surface area contributed by atoms with Crippen LogP contribution >= 0.6 is 0 Å². The van der Waals surface area contributed by atoms with E-state index in [1.165, 1.54) is 0 Å². The van der Waals surface area contributed by atoms with Crippen LogP contribution in [0.4, 0.5) is 0 Å². The van der Waals surface area contributed by atoms with Crippen LogP contribution in [0.5, 0.6) is 0 Å². The van der Waals surface area contributed by atoms with Crippen LogP contribution in [0.25, 0.3) is 11.1 Å². The molecule has 2 aliphatic rings. The smallest absolute Gasteiger partial charge is 0.423 e. The van der Waals surface area contributed by atoms with Gasteiger partial charge in [0.25, 0.3) is 0 Å². The lowest BCUT2D eigenvalue weighted by atomic mass is 9.76.